The first kappa shape index (κ1) is 11.7. The molecule has 2 rings (SSSR count). The Morgan fingerprint density at radius 3 is 2.82 bits per heavy atom. The number of anilines is 1. The van der Waals surface area contributed by atoms with Gasteiger partial charge in [0, 0.05) is 17.1 Å². The fraction of sp³-hybridized carbons (Fsp3) is 0.300. The molecule has 2 aromatic rings. The molecule has 0 saturated carbocycles. The second-order valence-corrected chi connectivity index (χ2v) is 4.84. The van der Waals surface area contributed by atoms with Crippen molar-refractivity contribution >= 4 is 17.6 Å². The standard InChI is InChI=1S/C10H13N5OS/c1-6(2)15-9(16)13-14-10(15)17-7-3-4-8(11)12-5-7/h3-6H,1-2H3,(H2,11,12)(H,13,16). The van der Waals surface area contributed by atoms with Crippen molar-refractivity contribution < 1.29 is 0 Å². The predicted molar refractivity (Wildman–Crippen MR) is 66.0 cm³/mol. The van der Waals surface area contributed by atoms with E-state index in [1.807, 2.05) is 19.9 Å². The lowest BCUT2D eigenvalue weighted by molar-refractivity contribution is 0.534. The van der Waals surface area contributed by atoms with Gasteiger partial charge in [0.25, 0.3) is 0 Å². The van der Waals surface area contributed by atoms with E-state index in [1.54, 1.807) is 16.8 Å². The van der Waals surface area contributed by atoms with Crippen molar-refractivity contribution in [1.29, 1.82) is 0 Å². The molecule has 6 nitrogen and oxygen atoms in total. The maximum Gasteiger partial charge on any atom is 0.344 e. The lowest BCUT2D eigenvalue weighted by atomic mass is 10.4. The van der Waals surface area contributed by atoms with Crippen molar-refractivity contribution in [2.24, 2.45) is 0 Å². The fourth-order valence-electron chi connectivity index (χ4n) is 1.38. The highest BCUT2D eigenvalue weighted by Gasteiger charge is 2.12. The van der Waals surface area contributed by atoms with Crippen LogP contribution in [0.2, 0.25) is 0 Å². The average molecular weight is 251 g/mol. The summed E-state index contributed by atoms with van der Waals surface area (Å²) < 4.78 is 1.60. The molecule has 0 saturated heterocycles. The van der Waals surface area contributed by atoms with Crippen LogP contribution >= 0.6 is 11.8 Å². The molecule has 0 fully saturated rings. The van der Waals surface area contributed by atoms with Gasteiger partial charge in [-0.2, -0.15) is 0 Å². The summed E-state index contributed by atoms with van der Waals surface area (Å²) in [6.45, 7) is 3.87. The molecule has 7 heteroatoms. The lowest BCUT2D eigenvalue weighted by Gasteiger charge is -2.08. The molecule has 0 unspecified atom stereocenters. The number of H-pyrrole nitrogens is 1. The topological polar surface area (TPSA) is 89.6 Å². The van der Waals surface area contributed by atoms with Gasteiger partial charge in [-0.15, -0.1) is 5.10 Å². The maximum absolute atomic E-state index is 11.5. The van der Waals surface area contributed by atoms with E-state index < -0.39 is 0 Å². The van der Waals surface area contributed by atoms with Gasteiger partial charge in [0.05, 0.1) is 0 Å². The van der Waals surface area contributed by atoms with Crippen molar-refractivity contribution in [2.75, 3.05) is 5.73 Å². The van der Waals surface area contributed by atoms with Crippen LogP contribution in [0.5, 0.6) is 0 Å². The summed E-state index contributed by atoms with van der Waals surface area (Å²) in [6.07, 6.45) is 1.66. The third-order valence-corrected chi connectivity index (χ3v) is 3.10. The minimum absolute atomic E-state index is 0.0606. The van der Waals surface area contributed by atoms with Gasteiger partial charge in [0.15, 0.2) is 5.16 Å². The molecule has 3 N–H and O–H groups in total. The molecule has 0 atom stereocenters. The molecule has 0 aliphatic carbocycles. The van der Waals surface area contributed by atoms with E-state index in [4.69, 9.17) is 5.73 Å². The van der Waals surface area contributed by atoms with Gasteiger partial charge < -0.3 is 5.73 Å². The number of pyridine rings is 1. The minimum atomic E-state index is -0.203. The summed E-state index contributed by atoms with van der Waals surface area (Å²) in [4.78, 5) is 16.4. The normalized spacial score (nSPS) is 11.0. The largest absolute Gasteiger partial charge is 0.384 e. The Balaban J connectivity index is 2.30. The molecule has 0 aliphatic heterocycles. The van der Waals surface area contributed by atoms with Gasteiger partial charge in [-0.1, -0.05) is 0 Å². The zero-order valence-electron chi connectivity index (χ0n) is 9.54. The van der Waals surface area contributed by atoms with Gasteiger partial charge >= 0.3 is 5.69 Å². The number of nitrogens with two attached hydrogens (primary N) is 1. The number of nitrogen functional groups attached to an aromatic ring is 1. The summed E-state index contributed by atoms with van der Waals surface area (Å²) >= 11 is 1.37. The monoisotopic (exact) mass is 251 g/mol. The highest BCUT2D eigenvalue weighted by atomic mass is 32.2. The van der Waals surface area contributed by atoms with Crippen molar-refractivity contribution in [3.05, 3.63) is 28.8 Å². The second kappa shape index (κ2) is 4.62. The number of rotatable bonds is 3. The summed E-state index contributed by atoms with van der Waals surface area (Å²) in [7, 11) is 0. The number of hydrogen-bond acceptors (Lipinski definition) is 5. The minimum Gasteiger partial charge on any atom is -0.384 e. The van der Waals surface area contributed by atoms with Gasteiger partial charge in [0.1, 0.15) is 5.82 Å². The van der Waals surface area contributed by atoms with Gasteiger partial charge in [-0.3, -0.25) is 4.57 Å². The van der Waals surface area contributed by atoms with E-state index in [0.29, 0.717) is 11.0 Å². The molecule has 0 radical (unpaired) electrons. The van der Waals surface area contributed by atoms with Crippen LogP contribution in [-0.4, -0.2) is 19.7 Å². The van der Waals surface area contributed by atoms with Crippen LogP contribution in [0.3, 0.4) is 0 Å². The van der Waals surface area contributed by atoms with Crippen LogP contribution in [0.15, 0.2) is 33.2 Å². The molecule has 0 bridgehead atoms. The smallest absolute Gasteiger partial charge is 0.344 e. The highest BCUT2D eigenvalue weighted by molar-refractivity contribution is 7.99. The summed E-state index contributed by atoms with van der Waals surface area (Å²) in [6, 6.07) is 3.62. The Labute approximate surface area is 102 Å². The van der Waals surface area contributed by atoms with Gasteiger partial charge in [0.2, 0.25) is 0 Å². The average Bonchev–Trinajstić information content (AvgIpc) is 2.63. The quantitative estimate of drug-likeness (QED) is 0.857. The van der Waals surface area contributed by atoms with Gasteiger partial charge in [-0.05, 0) is 37.7 Å². The van der Waals surface area contributed by atoms with Crippen LogP contribution in [0.1, 0.15) is 19.9 Å². The van der Waals surface area contributed by atoms with Crippen LogP contribution in [0.25, 0.3) is 0 Å². The molecule has 0 amide bonds. The Kier molecular flexibility index (Phi) is 3.19. The lowest BCUT2D eigenvalue weighted by Crippen LogP contribution is -2.19. The third-order valence-electron chi connectivity index (χ3n) is 2.16. The number of aromatic nitrogens is 4. The molecule has 0 spiro atoms. The van der Waals surface area contributed by atoms with Gasteiger partial charge in [-0.25, -0.2) is 14.9 Å². The van der Waals surface area contributed by atoms with E-state index in [2.05, 4.69) is 15.2 Å². The summed E-state index contributed by atoms with van der Waals surface area (Å²) in [5.74, 6) is 0.470. The van der Waals surface area contributed by atoms with Crippen molar-refractivity contribution in [1.82, 2.24) is 19.7 Å². The Hall–Kier alpha value is -1.76. The van der Waals surface area contributed by atoms with E-state index in [0.717, 1.165) is 4.90 Å². The SMILES string of the molecule is CC(C)n1c(Sc2ccc(N)nc2)n[nH]c1=O. The molecule has 17 heavy (non-hydrogen) atoms. The predicted octanol–water partition coefficient (Wildman–Crippen LogP) is 1.28. The summed E-state index contributed by atoms with van der Waals surface area (Å²) in [5, 5.41) is 7.05. The zero-order valence-corrected chi connectivity index (χ0v) is 10.4. The molecule has 90 valence electrons. The van der Waals surface area contributed by atoms with E-state index >= 15 is 0 Å². The van der Waals surface area contributed by atoms with Crippen LogP contribution in [-0.2, 0) is 0 Å². The fourth-order valence-corrected chi connectivity index (χ4v) is 2.31. The first-order valence-electron chi connectivity index (χ1n) is 5.14. The van der Waals surface area contributed by atoms with Crippen LogP contribution in [0.4, 0.5) is 5.82 Å². The van der Waals surface area contributed by atoms with Crippen molar-refractivity contribution in [3.8, 4) is 0 Å². The molecule has 0 aliphatic rings. The second-order valence-electron chi connectivity index (χ2n) is 3.80. The van der Waals surface area contributed by atoms with E-state index in [1.165, 1.54) is 11.8 Å². The van der Waals surface area contributed by atoms with Crippen LogP contribution in [0, 0.1) is 0 Å². The number of hydrogen-bond donors (Lipinski definition) is 2. The first-order chi connectivity index (χ1) is 8.08. The Morgan fingerprint density at radius 1 is 1.47 bits per heavy atom. The summed E-state index contributed by atoms with van der Waals surface area (Å²) in [5.41, 5.74) is 5.30. The molecule has 0 aromatic carbocycles. The molecule has 2 aromatic heterocycles. The van der Waals surface area contributed by atoms with Crippen LogP contribution < -0.4 is 11.4 Å². The highest BCUT2D eigenvalue weighted by Crippen LogP contribution is 2.25. The first-order valence-corrected chi connectivity index (χ1v) is 5.96. The zero-order chi connectivity index (χ0) is 12.4. The Bertz CT molecular complexity index is 557. The van der Waals surface area contributed by atoms with E-state index in [9.17, 15) is 4.79 Å². The molecule has 2 heterocycles. The molecular formula is C10H13N5OS. The number of nitrogens with one attached hydrogen (secondary N) is 1. The maximum atomic E-state index is 11.5. The number of aromatic amines is 1. The Morgan fingerprint density at radius 2 is 2.24 bits per heavy atom. The van der Waals surface area contributed by atoms with Crippen molar-refractivity contribution in [2.45, 2.75) is 29.9 Å². The third kappa shape index (κ3) is 2.50. The molecular weight excluding hydrogens is 238 g/mol. The van der Waals surface area contributed by atoms with Crippen molar-refractivity contribution in [3.63, 3.8) is 0 Å². The van der Waals surface area contributed by atoms with E-state index in [-0.39, 0.29) is 11.7 Å². The number of nitrogens with zero attached hydrogens (tertiary/aromatic N) is 3.